The van der Waals surface area contributed by atoms with E-state index in [1.165, 1.54) is 16.8 Å². The number of hydrogen-bond donors (Lipinski definition) is 1. The predicted molar refractivity (Wildman–Crippen MR) is 59.0 cm³/mol. The minimum Gasteiger partial charge on any atom is -0.301 e. The van der Waals surface area contributed by atoms with Crippen LogP contribution in [0.2, 0.25) is 0 Å². The molecule has 1 aromatic rings. The molecule has 78 valence electrons. The van der Waals surface area contributed by atoms with E-state index in [0.717, 1.165) is 24.6 Å². The normalized spacial score (nSPS) is 10.4. The molecule has 5 heteroatoms. The number of rotatable bonds is 5. The molecule has 0 aromatic carbocycles. The summed E-state index contributed by atoms with van der Waals surface area (Å²) in [6.45, 7) is 0.669. The Morgan fingerprint density at radius 1 is 1.29 bits per heavy atom. The van der Waals surface area contributed by atoms with Gasteiger partial charge in [-0.1, -0.05) is 22.4 Å². The third-order valence-corrected chi connectivity index (χ3v) is 2.49. The van der Waals surface area contributed by atoms with Crippen LogP contribution in [0.5, 0.6) is 0 Å². The number of nitrogens with one attached hydrogen (secondary N) is 1. The first kappa shape index (κ1) is 11.2. The molecule has 14 heavy (non-hydrogen) atoms. The van der Waals surface area contributed by atoms with Crippen LogP contribution in [0.3, 0.4) is 0 Å². The van der Waals surface area contributed by atoms with Gasteiger partial charge in [0.05, 0.1) is 0 Å². The second-order valence-corrected chi connectivity index (χ2v) is 3.85. The van der Waals surface area contributed by atoms with Crippen LogP contribution >= 0.6 is 15.9 Å². The Kier molecular flexibility index (Phi) is 4.65. The van der Waals surface area contributed by atoms with Gasteiger partial charge in [0.25, 0.3) is 5.56 Å². The minimum absolute atomic E-state index is 0.323. The van der Waals surface area contributed by atoms with Crippen LogP contribution in [0.1, 0.15) is 19.3 Å². The molecular weight excluding hydrogens is 248 g/mol. The highest BCUT2D eigenvalue weighted by atomic mass is 79.9. The molecule has 0 radical (unpaired) electrons. The molecule has 0 atom stereocenters. The second kappa shape index (κ2) is 5.80. The van der Waals surface area contributed by atoms with Gasteiger partial charge in [-0.05, 0) is 12.8 Å². The minimum atomic E-state index is -0.341. The molecule has 0 unspecified atom stereocenters. The Hall–Kier alpha value is -0.840. The van der Waals surface area contributed by atoms with Crippen LogP contribution in [0.4, 0.5) is 0 Å². The highest BCUT2D eigenvalue weighted by Gasteiger charge is 1.95. The van der Waals surface area contributed by atoms with Crippen molar-refractivity contribution in [2.45, 2.75) is 25.8 Å². The zero-order chi connectivity index (χ0) is 10.4. The van der Waals surface area contributed by atoms with Crippen molar-refractivity contribution in [3.05, 3.63) is 33.1 Å². The van der Waals surface area contributed by atoms with E-state index in [4.69, 9.17) is 0 Å². The summed E-state index contributed by atoms with van der Waals surface area (Å²) < 4.78 is 1.52. The first-order chi connectivity index (χ1) is 6.74. The Balaban J connectivity index is 2.51. The molecule has 0 aliphatic carbocycles. The molecule has 1 heterocycles. The average Bonchev–Trinajstić information content (AvgIpc) is 2.15. The zero-order valence-electron chi connectivity index (χ0n) is 7.83. The second-order valence-electron chi connectivity index (χ2n) is 3.05. The van der Waals surface area contributed by atoms with Gasteiger partial charge in [0.15, 0.2) is 0 Å². The van der Waals surface area contributed by atoms with E-state index >= 15 is 0 Å². The first-order valence-electron chi connectivity index (χ1n) is 4.60. The number of alkyl halides is 1. The molecule has 0 fully saturated rings. The van der Waals surface area contributed by atoms with Gasteiger partial charge in [0, 0.05) is 24.1 Å². The van der Waals surface area contributed by atoms with Crippen molar-refractivity contribution in [2.75, 3.05) is 5.33 Å². The summed E-state index contributed by atoms with van der Waals surface area (Å²) in [7, 11) is 0. The molecule has 0 bridgehead atoms. The summed E-state index contributed by atoms with van der Waals surface area (Å²) in [5.41, 5.74) is -0.664. The summed E-state index contributed by atoms with van der Waals surface area (Å²) in [4.78, 5) is 24.2. The van der Waals surface area contributed by atoms with E-state index in [1.807, 2.05) is 0 Å². The van der Waals surface area contributed by atoms with Crippen molar-refractivity contribution in [3.63, 3.8) is 0 Å². The molecule has 1 rings (SSSR count). The van der Waals surface area contributed by atoms with Crippen molar-refractivity contribution in [1.82, 2.24) is 9.55 Å². The smallest absolute Gasteiger partial charge is 0.301 e. The quantitative estimate of drug-likeness (QED) is 0.637. The molecule has 0 saturated carbocycles. The van der Waals surface area contributed by atoms with Gasteiger partial charge in [-0.25, -0.2) is 4.79 Å². The fourth-order valence-corrected chi connectivity index (χ4v) is 1.57. The van der Waals surface area contributed by atoms with Gasteiger partial charge in [-0.15, -0.1) is 0 Å². The predicted octanol–water partition coefficient (Wildman–Crippen LogP) is 1.10. The third kappa shape index (κ3) is 3.49. The summed E-state index contributed by atoms with van der Waals surface area (Å²) in [5, 5.41) is 0.994. The van der Waals surface area contributed by atoms with E-state index in [-0.39, 0.29) is 11.2 Å². The summed E-state index contributed by atoms with van der Waals surface area (Å²) in [6, 6.07) is 1.37. The largest absolute Gasteiger partial charge is 0.328 e. The summed E-state index contributed by atoms with van der Waals surface area (Å²) in [6.07, 6.45) is 4.68. The van der Waals surface area contributed by atoms with Crippen LogP contribution in [0.25, 0.3) is 0 Å². The van der Waals surface area contributed by atoms with Gasteiger partial charge < -0.3 is 4.57 Å². The molecule has 0 aliphatic rings. The third-order valence-electron chi connectivity index (χ3n) is 1.93. The van der Waals surface area contributed by atoms with E-state index in [9.17, 15) is 9.59 Å². The lowest BCUT2D eigenvalue weighted by molar-refractivity contribution is 0.577. The van der Waals surface area contributed by atoms with Crippen molar-refractivity contribution in [1.29, 1.82) is 0 Å². The monoisotopic (exact) mass is 260 g/mol. The summed E-state index contributed by atoms with van der Waals surface area (Å²) >= 11 is 3.34. The van der Waals surface area contributed by atoms with Crippen molar-refractivity contribution >= 4 is 15.9 Å². The van der Waals surface area contributed by atoms with E-state index < -0.39 is 0 Å². The highest BCUT2D eigenvalue weighted by molar-refractivity contribution is 9.09. The molecule has 0 spiro atoms. The molecular formula is C9H13BrN2O2. The fourth-order valence-electron chi connectivity index (χ4n) is 1.17. The number of halogens is 1. The Bertz CT molecular complexity index is 383. The lowest BCUT2D eigenvalue weighted by Gasteiger charge is -2.02. The number of aryl methyl sites for hydroxylation is 1. The molecule has 4 nitrogen and oxygen atoms in total. The SMILES string of the molecule is O=c1ccn(CCCCCBr)c(=O)[nH]1. The van der Waals surface area contributed by atoms with Crippen LogP contribution in [-0.2, 0) is 6.54 Å². The van der Waals surface area contributed by atoms with Crippen molar-refractivity contribution < 1.29 is 0 Å². The van der Waals surface area contributed by atoms with Gasteiger partial charge in [-0.2, -0.15) is 0 Å². The number of aromatic nitrogens is 2. The van der Waals surface area contributed by atoms with Crippen LogP contribution in [-0.4, -0.2) is 14.9 Å². The van der Waals surface area contributed by atoms with Gasteiger partial charge >= 0.3 is 5.69 Å². The summed E-state index contributed by atoms with van der Waals surface area (Å²) in [5.74, 6) is 0. The Morgan fingerprint density at radius 2 is 2.07 bits per heavy atom. The molecule has 0 amide bonds. The lowest BCUT2D eigenvalue weighted by atomic mass is 10.2. The number of aromatic amines is 1. The lowest BCUT2D eigenvalue weighted by Crippen LogP contribution is -2.28. The van der Waals surface area contributed by atoms with E-state index in [2.05, 4.69) is 20.9 Å². The van der Waals surface area contributed by atoms with Crippen LogP contribution in [0.15, 0.2) is 21.9 Å². The number of hydrogen-bond acceptors (Lipinski definition) is 2. The molecule has 1 aromatic heterocycles. The van der Waals surface area contributed by atoms with Gasteiger partial charge in [0.1, 0.15) is 0 Å². The maximum Gasteiger partial charge on any atom is 0.328 e. The number of unbranched alkanes of at least 4 members (excludes halogenated alkanes) is 2. The van der Waals surface area contributed by atoms with Gasteiger partial charge in [-0.3, -0.25) is 9.78 Å². The Labute approximate surface area is 90.1 Å². The first-order valence-corrected chi connectivity index (χ1v) is 5.72. The van der Waals surface area contributed by atoms with E-state index in [1.54, 1.807) is 0 Å². The van der Waals surface area contributed by atoms with Crippen molar-refractivity contribution in [2.24, 2.45) is 0 Å². The Morgan fingerprint density at radius 3 is 2.71 bits per heavy atom. The molecule has 0 aliphatic heterocycles. The molecule has 1 N–H and O–H groups in total. The van der Waals surface area contributed by atoms with Crippen LogP contribution < -0.4 is 11.2 Å². The highest BCUT2D eigenvalue weighted by Crippen LogP contribution is 1.99. The van der Waals surface area contributed by atoms with Gasteiger partial charge in [0.2, 0.25) is 0 Å². The average molecular weight is 261 g/mol. The standard InChI is InChI=1S/C9H13BrN2O2/c10-5-2-1-3-6-12-7-4-8(13)11-9(12)14/h4,7H,1-3,5-6H2,(H,11,13,14). The number of H-pyrrole nitrogens is 1. The molecule has 0 saturated heterocycles. The van der Waals surface area contributed by atoms with Crippen molar-refractivity contribution in [3.8, 4) is 0 Å². The van der Waals surface area contributed by atoms with Crippen LogP contribution in [0, 0.1) is 0 Å². The number of nitrogens with zero attached hydrogens (tertiary/aromatic N) is 1. The maximum absolute atomic E-state index is 11.2. The van der Waals surface area contributed by atoms with E-state index in [0.29, 0.717) is 6.54 Å². The maximum atomic E-state index is 11.2. The fraction of sp³-hybridized carbons (Fsp3) is 0.556. The topological polar surface area (TPSA) is 54.9 Å². The zero-order valence-corrected chi connectivity index (χ0v) is 9.42.